The molecule has 1 aliphatic rings. The molecule has 0 spiro atoms. The predicted octanol–water partition coefficient (Wildman–Crippen LogP) is 3.34. The van der Waals surface area contributed by atoms with Gasteiger partial charge in [0.15, 0.2) is 0 Å². The zero-order chi connectivity index (χ0) is 22.8. The zero-order valence-electron chi connectivity index (χ0n) is 18.5. The standard InChI is InChI=1S/C21H31N3O5S2/c1-5-6-14-29-19-9-11-20(12-10-19)30(25,26)24-18(4)21(17(3)22-24)31(27,28)23-13-7-8-16(2)15-23/h9-12,16H,5-8,13-15H2,1-4H3/t16-/m1/s1. The fourth-order valence-electron chi connectivity index (χ4n) is 3.85. The van der Waals surface area contributed by atoms with Crippen molar-refractivity contribution in [2.75, 3.05) is 19.7 Å². The number of benzene rings is 1. The van der Waals surface area contributed by atoms with E-state index in [1.807, 2.05) is 6.92 Å². The molecule has 2 heterocycles. The highest BCUT2D eigenvalue weighted by Gasteiger charge is 2.35. The van der Waals surface area contributed by atoms with Crippen LogP contribution in [-0.2, 0) is 20.0 Å². The third-order valence-corrected chi connectivity index (χ3v) is 9.32. The Morgan fingerprint density at radius 2 is 1.77 bits per heavy atom. The monoisotopic (exact) mass is 469 g/mol. The van der Waals surface area contributed by atoms with Crippen molar-refractivity contribution < 1.29 is 21.6 Å². The molecule has 0 saturated carbocycles. The van der Waals surface area contributed by atoms with Gasteiger partial charge in [0.25, 0.3) is 10.0 Å². The number of aryl methyl sites for hydroxylation is 1. The van der Waals surface area contributed by atoms with E-state index in [2.05, 4.69) is 12.0 Å². The van der Waals surface area contributed by atoms with Crippen molar-refractivity contribution >= 4 is 20.0 Å². The fraction of sp³-hybridized carbons (Fsp3) is 0.571. The molecule has 0 bridgehead atoms. The molecule has 0 aliphatic carbocycles. The van der Waals surface area contributed by atoms with E-state index in [9.17, 15) is 16.8 Å². The lowest BCUT2D eigenvalue weighted by molar-refractivity contribution is 0.281. The van der Waals surface area contributed by atoms with Crippen molar-refractivity contribution in [3.05, 3.63) is 35.7 Å². The topological polar surface area (TPSA) is 98.6 Å². The quantitative estimate of drug-likeness (QED) is 0.550. The molecule has 8 nitrogen and oxygen atoms in total. The van der Waals surface area contributed by atoms with Gasteiger partial charge in [0.05, 0.1) is 22.9 Å². The molecule has 10 heteroatoms. The van der Waals surface area contributed by atoms with Gasteiger partial charge in [-0.15, -0.1) is 0 Å². The summed E-state index contributed by atoms with van der Waals surface area (Å²) in [5.41, 5.74) is 0.276. The van der Waals surface area contributed by atoms with Crippen molar-refractivity contribution in [3.63, 3.8) is 0 Å². The van der Waals surface area contributed by atoms with Crippen molar-refractivity contribution in [1.29, 1.82) is 0 Å². The third kappa shape index (κ3) is 4.80. The van der Waals surface area contributed by atoms with E-state index >= 15 is 0 Å². The second-order valence-corrected chi connectivity index (χ2v) is 11.8. The van der Waals surface area contributed by atoms with Crippen LogP contribution in [0, 0.1) is 19.8 Å². The summed E-state index contributed by atoms with van der Waals surface area (Å²) in [6, 6.07) is 6.10. The van der Waals surface area contributed by atoms with Crippen LogP contribution in [-0.4, -0.2) is 50.0 Å². The summed E-state index contributed by atoms with van der Waals surface area (Å²) in [5.74, 6) is 0.851. The average molecular weight is 470 g/mol. The van der Waals surface area contributed by atoms with Gasteiger partial charge in [0.1, 0.15) is 10.6 Å². The summed E-state index contributed by atoms with van der Waals surface area (Å²) in [5, 5.41) is 4.11. The summed E-state index contributed by atoms with van der Waals surface area (Å²) in [6.07, 6.45) is 3.69. The molecule has 0 radical (unpaired) electrons. The minimum atomic E-state index is -4.05. The first-order valence-electron chi connectivity index (χ1n) is 10.6. The minimum absolute atomic E-state index is 0.0234. The van der Waals surface area contributed by atoms with Crippen LogP contribution in [0.25, 0.3) is 0 Å². The summed E-state index contributed by atoms with van der Waals surface area (Å²) in [4.78, 5) is 0.00109. The Balaban J connectivity index is 1.93. The Hall–Kier alpha value is -1.91. The van der Waals surface area contributed by atoms with Crippen LogP contribution in [0.3, 0.4) is 0 Å². The number of nitrogens with zero attached hydrogens (tertiary/aromatic N) is 3. The molecule has 1 saturated heterocycles. The molecular weight excluding hydrogens is 438 g/mol. The lowest BCUT2D eigenvalue weighted by Gasteiger charge is -2.30. The molecule has 1 atom stereocenters. The van der Waals surface area contributed by atoms with E-state index in [0.717, 1.165) is 29.8 Å². The van der Waals surface area contributed by atoms with Crippen LogP contribution in [0.2, 0.25) is 0 Å². The van der Waals surface area contributed by atoms with Gasteiger partial charge in [0, 0.05) is 13.1 Å². The number of rotatable bonds is 8. The van der Waals surface area contributed by atoms with Gasteiger partial charge in [-0.1, -0.05) is 20.3 Å². The van der Waals surface area contributed by atoms with E-state index in [4.69, 9.17) is 4.74 Å². The van der Waals surface area contributed by atoms with Crippen LogP contribution in [0.1, 0.15) is 50.9 Å². The van der Waals surface area contributed by atoms with Crippen molar-refractivity contribution in [1.82, 2.24) is 13.5 Å². The first kappa shape index (κ1) is 23.7. The summed E-state index contributed by atoms with van der Waals surface area (Å²) in [6.45, 7) is 8.53. The SMILES string of the molecule is CCCCOc1ccc(S(=O)(=O)n2nc(C)c(S(=O)(=O)N3CCC[C@@H](C)C3)c2C)cc1. The van der Waals surface area contributed by atoms with Crippen LogP contribution < -0.4 is 4.74 Å². The second kappa shape index (κ2) is 9.30. The average Bonchev–Trinajstić information content (AvgIpc) is 3.04. The highest BCUT2D eigenvalue weighted by molar-refractivity contribution is 7.90. The Bertz CT molecular complexity index is 1120. The molecule has 2 aromatic rings. The maximum Gasteiger partial charge on any atom is 0.283 e. The number of unbranched alkanes of at least 4 members (excludes halogenated alkanes) is 1. The van der Waals surface area contributed by atoms with Gasteiger partial charge in [-0.05, 0) is 63.3 Å². The predicted molar refractivity (Wildman–Crippen MR) is 118 cm³/mol. The molecule has 0 N–H and O–H groups in total. The van der Waals surface area contributed by atoms with Gasteiger partial charge in [-0.2, -0.15) is 21.9 Å². The number of piperidine rings is 1. The summed E-state index contributed by atoms with van der Waals surface area (Å²) in [7, 11) is -7.88. The fourth-order valence-corrected chi connectivity index (χ4v) is 7.22. The number of hydrogen-bond acceptors (Lipinski definition) is 6. The second-order valence-electron chi connectivity index (χ2n) is 8.13. The number of sulfonamides is 1. The van der Waals surface area contributed by atoms with E-state index in [1.165, 1.54) is 30.3 Å². The highest BCUT2D eigenvalue weighted by Crippen LogP contribution is 2.29. The van der Waals surface area contributed by atoms with Gasteiger partial charge in [-0.3, -0.25) is 0 Å². The zero-order valence-corrected chi connectivity index (χ0v) is 20.2. The highest BCUT2D eigenvalue weighted by atomic mass is 32.2. The molecule has 172 valence electrons. The number of hydrogen-bond donors (Lipinski definition) is 0. The lowest BCUT2D eigenvalue weighted by atomic mass is 10.0. The van der Waals surface area contributed by atoms with Crippen LogP contribution in [0.5, 0.6) is 5.75 Å². The Morgan fingerprint density at radius 3 is 2.39 bits per heavy atom. The third-order valence-electron chi connectivity index (χ3n) is 5.52. The van der Waals surface area contributed by atoms with Gasteiger partial charge >= 0.3 is 0 Å². The molecule has 0 amide bonds. The smallest absolute Gasteiger partial charge is 0.283 e. The van der Waals surface area contributed by atoms with Gasteiger partial charge < -0.3 is 4.74 Å². The molecule has 1 aromatic heterocycles. The molecule has 0 unspecified atom stereocenters. The van der Waals surface area contributed by atoms with E-state index in [1.54, 1.807) is 12.1 Å². The lowest BCUT2D eigenvalue weighted by Crippen LogP contribution is -2.39. The van der Waals surface area contributed by atoms with Gasteiger partial charge in [0.2, 0.25) is 10.0 Å². The molecule has 1 fully saturated rings. The summed E-state index contributed by atoms with van der Waals surface area (Å²) < 4.78 is 60.8. The van der Waals surface area contributed by atoms with Crippen LogP contribution in [0.4, 0.5) is 0 Å². The first-order valence-corrected chi connectivity index (χ1v) is 13.5. The van der Waals surface area contributed by atoms with Crippen LogP contribution >= 0.6 is 0 Å². The number of aromatic nitrogens is 2. The van der Waals surface area contributed by atoms with Crippen molar-refractivity contribution in [3.8, 4) is 5.75 Å². The molecule has 3 rings (SSSR count). The first-order chi connectivity index (χ1) is 14.6. The minimum Gasteiger partial charge on any atom is -0.494 e. The molecular formula is C21H31N3O5S2. The van der Waals surface area contributed by atoms with E-state index in [0.29, 0.717) is 25.4 Å². The van der Waals surface area contributed by atoms with Crippen LogP contribution in [0.15, 0.2) is 34.1 Å². The van der Waals surface area contributed by atoms with Gasteiger partial charge in [-0.25, -0.2) is 8.42 Å². The Labute approximate surface area is 185 Å². The van der Waals surface area contributed by atoms with Crippen molar-refractivity contribution in [2.45, 2.75) is 63.2 Å². The Morgan fingerprint density at radius 1 is 1.10 bits per heavy atom. The maximum absolute atomic E-state index is 13.3. The normalized spacial score (nSPS) is 18.3. The maximum atomic E-state index is 13.3. The number of ether oxygens (including phenoxy) is 1. The Kier molecular flexibility index (Phi) is 7.12. The van der Waals surface area contributed by atoms with E-state index < -0.39 is 20.0 Å². The molecule has 1 aromatic carbocycles. The van der Waals surface area contributed by atoms with Crippen molar-refractivity contribution in [2.24, 2.45) is 5.92 Å². The molecule has 1 aliphatic heterocycles. The largest absolute Gasteiger partial charge is 0.494 e. The summed E-state index contributed by atoms with van der Waals surface area (Å²) >= 11 is 0. The molecule has 31 heavy (non-hydrogen) atoms. The van der Waals surface area contributed by atoms with E-state index in [-0.39, 0.29) is 27.1 Å².